The van der Waals surface area contributed by atoms with E-state index in [9.17, 15) is 4.79 Å². The highest BCUT2D eigenvalue weighted by Gasteiger charge is 2.22. The molecule has 0 spiro atoms. The third-order valence-corrected chi connectivity index (χ3v) is 2.22. The van der Waals surface area contributed by atoms with Crippen LogP contribution in [0.5, 0.6) is 0 Å². The van der Waals surface area contributed by atoms with Crippen LogP contribution in [0, 0.1) is 5.92 Å². The van der Waals surface area contributed by atoms with Gasteiger partial charge in [-0.15, -0.1) is 0 Å². The van der Waals surface area contributed by atoms with Gasteiger partial charge in [0.15, 0.2) is 0 Å². The summed E-state index contributed by atoms with van der Waals surface area (Å²) < 4.78 is 0. The van der Waals surface area contributed by atoms with Crippen molar-refractivity contribution >= 4 is 5.91 Å². The number of carbonyl (C=O) groups is 1. The van der Waals surface area contributed by atoms with Gasteiger partial charge in [0.2, 0.25) is 5.91 Å². The van der Waals surface area contributed by atoms with Gasteiger partial charge in [0, 0.05) is 25.1 Å². The lowest BCUT2D eigenvalue weighted by atomic mass is 10.1. The number of hydrogen-bond donors (Lipinski definition) is 1. The van der Waals surface area contributed by atoms with Crippen LogP contribution in [0.15, 0.2) is 12.3 Å². The molecule has 1 heterocycles. The second kappa shape index (κ2) is 3.72. The molecule has 0 aromatic heterocycles. The van der Waals surface area contributed by atoms with Crippen molar-refractivity contribution in [2.75, 3.05) is 20.1 Å². The molecule has 0 aliphatic carbocycles. The molecule has 0 aromatic carbocycles. The summed E-state index contributed by atoms with van der Waals surface area (Å²) in [5, 5.41) is 2.75. The van der Waals surface area contributed by atoms with E-state index >= 15 is 0 Å². The van der Waals surface area contributed by atoms with E-state index in [1.165, 1.54) is 6.92 Å². The summed E-state index contributed by atoms with van der Waals surface area (Å²) in [6.45, 7) is 7.48. The second-order valence-corrected chi connectivity index (χ2v) is 3.45. The van der Waals surface area contributed by atoms with Gasteiger partial charge in [-0.2, -0.15) is 0 Å². The first-order valence-corrected chi connectivity index (χ1v) is 4.24. The zero-order valence-electron chi connectivity index (χ0n) is 7.76. The van der Waals surface area contributed by atoms with Crippen molar-refractivity contribution in [2.24, 2.45) is 5.92 Å². The number of carbonyl (C=O) groups excluding carboxylic acids is 1. The number of nitrogens with one attached hydrogen (secondary N) is 1. The lowest BCUT2D eigenvalue weighted by Crippen LogP contribution is -2.25. The summed E-state index contributed by atoms with van der Waals surface area (Å²) in [5.41, 5.74) is 0.867. The minimum Gasteiger partial charge on any atom is -0.330 e. The number of rotatable bonds is 2. The summed E-state index contributed by atoms with van der Waals surface area (Å²) in [6, 6.07) is 0. The molecule has 68 valence electrons. The molecule has 0 radical (unpaired) electrons. The van der Waals surface area contributed by atoms with Crippen molar-refractivity contribution in [2.45, 2.75) is 13.3 Å². The van der Waals surface area contributed by atoms with E-state index < -0.39 is 0 Å². The number of hydrogen-bond acceptors (Lipinski definition) is 2. The first kappa shape index (κ1) is 9.26. The minimum atomic E-state index is -0.0189. The highest BCUT2D eigenvalue weighted by molar-refractivity contribution is 5.74. The smallest absolute Gasteiger partial charge is 0.220 e. The van der Waals surface area contributed by atoms with Crippen LogP contribution in [0.4, 0.5) is 0 Å². The van der Waals surface area contributed by atoms with Crippen LogP contribution in [0.2, 0.25) is 0 Å². The highest BCUT2D eigenvalue weighted by Crippen LogP contribution is 2.19. The Morgan fingerprint density at radius 1 is 1.67 bits per heavy atom. The molecule has 1 fully saturated rings. The molecule has 1 N–H and O–H groups in total. The van der Waals surface area contributed by atoms with Gasteiger partial charge in [-0.1, -0.05) is 6.58 Å². The molecule has 1 aliphatic heterocycles. The molecular weight excluding hydrogens is 152 g/mol. The average molecular weight is 168 g/mol. The van der Waals surface area contributed by atoms with Gasteiger partial charge in [0.1, 0.15) is 0 Å². The second-order valence-electron chi connectivity index (χ2n) is 3.45. The number of likely N-dealkylation sites (tertiary alicyclic amines) is 1. The molecule has 1 saturated heterocycles. The summed E-state index contributed by atoms with van der Waals surface area (Å²) >= 11 is 0. The maximum absolute atomic E-state index is 10.7. The molecule has 0 aromatic rings. The fraction of sp³-hybridized carbons (Fsp3) is 0.667. The molecule has 12 heavy (non-hydrogen) atoms. The SMILES string of the molecule is C=C(NC(C)=O)[C@H]1CCN(C)C1. The summed E-state index contributed by atoms with van der Waals surface area (Å²) in [7, 11) is 2.08. The Morgan fingerprint density at radius 3 is 2.75 bits per heavy atom. The van der Waals surface area contributed by atoms with Crippen molar-refractivity contribution in [3.8, 4) is 0 Å². The predicted molar refractivity (Wildman–Crippen MR) is 48.6 cm³/mol. The summed E-state index contributed by atoms with van der Waals surface area (Å²) in [6.07, 6.45) is 1.11. The first-order chi connectivity index (χ1) is 5.59. The number of nitrogens with zero attached hydrogens (tertiary/aromatic N) is 1. The molecule has 0 unspecified atom stereocenters. The van der Waals surface area contributed by atoms with Crippen molar-refractivity contribution < 1.29 is 4.79 Å². The largest absolute Gasteiger partial charge is 0.330 e. The molecule has 1 rings (SSSR count). The summed E-state index contributed by atoms with van der Waals surface area (Å²) in [4.78, 5) is 13.0. The van der Waals surface area contributed by atoms with Crippen LogP contribution in [0.3, 0.4) is 0 Å². The fourth-order valence-electron chi connectivity index (χ4n) is 1.55. The normalized spacial score (nSPS) is 24.0. The van der Waals surface area contributed by atoms with E-state index in [4.69, 9.17) is 0 Å². The van der Waals surface area contributed by atoms with E-state index in [2.05, 4.69) is 23.8 Å². The van der Waals surface area contributed by atoms with Crippen LogP contribution in [-0.4, -0.2) is 30.9 Å². The number of amides is 1. The maximum Gasteiger partial charge on any atom is 0.220 e. The monoisotopic (exact) mass is 168 g/mol. The Balaban J connectivity index is 2.38. The average Bonchev–Trinajstić information content (AvgIpc) is 2.34. The van der Waals surface area contributed by atoms with Crippen LogP contribution >= 0.6 is 0 Å². The van der Waals surface area contributed by atoms with Crippen LogP contribution in [-0.2, 0) is 4.79 Å². The van der Waals surface area contributed by atoms with Gasteiger partial charge in [-0.25, -0.2) is 0 Å². The molecular formula is C9H16N2O. The van der Waals surface area contributed by atoms with Gasteiger partial charge < -0.3 is 10.2 Å². The van der Waals surface area contributed by atoms with Crippen molar-refractivity contribution in [3.05, 3.63) is 12.3 Å². The van der Waals surface area contributed by atoms with Crippen molar-refractivity contribution in [1.82, 2.24) is 10.2 Å². The topological polar surface area (TPSA) is 32.3 Å². The van der Waals surface area contributed by atoms with E-state index in [0.717, 1.165) is 25.2 Å². The molecule has 1 aliphatic rings. The highest BCUT2D eigenvalue weighted by atomic mass is 16.1. The third kappa shape index (κ3) is 2.34. The van der Waals surface area contributed by atoms with Crippen molar-refractivity contribution in [1.29, 1.82) is 0 Å². The Hall–Kier alpha value is -0.830. The Kier molecular flexibility index (Phi) is 2.87. The third-order valence-electron chi connectivity index (χ3n) is 2.22. The van der Waals surface area contributed by atoms with Crippen LogP contribution in [0.25, 0.3) is 0 Å². The lowest BCUT2D eigenvalue weighted by Gasteiger charge is -2.13. The minimum absolute atomic E-state index is 0.0189. The Bertz CT molecular complexity index is 201. The lowest BCUT2D eigenvalue weighted by molar-refractivity contribution is -0.118. The van der Waals surface area contributed by atoms with Crippen molar-refractivity contribution in [3.63, 3.8) is 0 Å². The zero-order chi connectivity index (χ0) is 9.14. The predicted octanol–water partition coefficient (Wildman–Crippen LogP) is 0.588. The van der Waals surface area contributed by atoms with Gasteiger partial charge in [0.05, 0.1) is 0 Å². The first-order valence-electron chi connectivity index (χ1n) is 4.24. The van der Waals surface area contributed by atoms with Gasteiger partial charge in [-0.3, -0.25) is 4.79 Å². The van der Waals surface area contributed by atoms with E-state index in [0.29, 0.717) is 5.92 Å². The molecule has 1 amide bonds. The quantitative estimate of drug-likeness (QED) is 0.654. The molecule has 0 bridgehead atoms. The maximum atomic E-state index is 10.7. The Labute approximate surface area is 73.4 Å². The standard InChI is InChI=1S/C9H16N2O/c1-7(10-8(2)12)9-4-5-11(3)6-9/h9H,1,4-6H2,2-3H3,(H,10,12)/t9-/m0/s1. The van der Waals surface area contributed by atoms with Crippen LogP contribution < -0.4 is 5.32 Å². The van der Waals surface area contributed by atoms with E-state index in [-0.39, 0.29) is 5.91 Å². The summed E-state index contributed by atoms with van der Waals surface area (Å²) in [5.74, 6) is 0.424. The van der Waals surface area contributed by atoms with Gasteiger partial charge in [0.25, 0.3) is 0 Å². The zero-order valence-corrected chi connectivity index (χ0v) is 7.76. The molecule has 0 saturated carbocycles. The molecule has 3 nitrogen and oxygen atoms in total. The molecule has 1 atom stereocenters. The molecule has 3 heteroatoms. The fourth-order valence-corrected chi connectivity index (χ4v) is 1.55. The van der Waals surface area contributed by atoms with Gasteiger partial charge in [-0.05, 0) is 20.0 Å². The van der Waals surface area contributed by atoms with Crippen LogP contribution in [0.1, 0.15) is 13.3 Å². The van der Waals surface area contributed by atoms with Gasteiger partial charge >= 0.3 is 0 Å². The van der Waals surface area contributed by atoms with E-state index in [1.54, 1.807) is 0 Å². The van der Waals surface area contributed by atoms with E-state index in [1.807, 2.05) is 0 Å². The Morgan fingerprint density at radius 2 is 2.33 bits per heavy atom.